The van der Waals surface area contributed by atoms with Crippen LogP contribution in [0.25, 0.3) is 0 Å². The van der Waals surface area contributed by atoms with Crippen molar-refractivity contribution in [2.24, 2.45) is 5.73 Å². The van der Waals surface area contributed by atoms with E-state index in [0.717, 1.165) is 11.8 Å². The van der Waals surface area contributed by atoms with Crippen LogP contribution >= 0.6 is 0 Å². The molecule has 1 rings (SSSR count). The van der Waals surface area contributed by atoms with E-state index in [4.69, 9.17) is 15.2 Å². The van der Waals surface area contributed by atoms with Crippen LogP contribution in [0.5, 0.6) is 11.5 Å². The van der Waals surface area contributed by atoms with Crippen LogP contribution in [0.3, 0.4) is 0 Å². The Kier molecular flexibility index (Phi) is 4.31. The molecule has 16 heavy (non-hydrogen) atoms. The van der Waals surface area contributed by atoms with E-state index in [1.54, 1.807) is 13.2 Å². The van der Waals surface area contributed by atoms with E-state index in [9.17, 15) is 4.79 Å². The molecule has 0 radical (unpaired) electrons. The van der Waals surface area contributed by atoms with E-state index in [1.807, 2.05) is 13.0 Å². The molecule has 0 aliphatic rings. The smallest absolute Gasteiger partial charge is 0.171 e. The van der Waals surface area contributed by atoms with Crippen LogP contribution < -0.4 is 15.2 Å². The minimum atomic E-state index is 0.157. The van der Waals surface area contributed by atoms with Gasteiger partial charge in [-0.2, -0.15) is 0 Å². The number of hydrogen-bond donors (Lipinski definition) is 1. The molecule has 0 bridgehead atoms. The van der Waals surface area contributed by atoms with Crippen molar-refractivity contribution in [1.29, 1.82) is 0 Å². The highest BCUT2D eigenvalue weighted by atomic mass is 16.5. The van der Waals surface area contributed by atoms with Gasteiger partial charge in [-0.3, -0.25) is 4.79 Å². The third-order valence-corrected chi connectivity index (χ3v) is 2.59. The van der Waals surface area contributed by atoms with Gasteiger partial charge in [0.25, 0.3) is 0 Å². The molecule has 0 saturated heterocycles. The van der Waals surface area contributed by atoms with E-state index in [0.29, 0.717) is 23.6 Å². The summed E-state index contributed by atoms with van der Waals surface area (Å²) in [7, 11) is 3.07. The topological polar surface area (TPSA) is 61.5 Å². The summed E-state index contributed by atoms with van der Waals surface area (Å²) in [5, 5.41) is 0. The first-order valence-electron chi connectivity index (χ1n) is 5.09. The highest BCUT2D eigenvalue weighted by molar-refractivity contribution is 5.82. The Balaban J connectivity index is 3.36. The van der Waals surface area contributed by atoms with Crippen LogP contribution in [0.2, 0.25) is 0 Å². The minimum absolute atomic E-state index is 0.157. The maximum Gasteiger partial charge on any atom is 0.171 e. The zero-order valence-corrected chi connectivity index (χ0v) is 9.82. The number of nitrogens with two attached hydrogens (primary N) is 1. The predicted molar refractivity (Wildman–Crippen MR) is 62.4 cm³/mol. The second kappa shape index (κ2) is 5.51. The molecule has 0 heterocycles. The van der Waals surface area contributed by atoms with Crippen molar-refractivity contribution in [2.75, 3.05) is 20.8 Å². The molecule has 0 aliphatic carbocycles. The van der Waals surface area contributed by atoms with Crippen molar-refractivity contribution in [3.63, 3.8) is 0 Å². The van der Waals surface area contributed by atoms with E-state index >= 15 is 0 Å². The molecule has 4 heteroatoms. The van der Waals surface area contributed by atoms with Gasteiger partial charge in [-0.15, -0.1) is 0 Å². The van der Waals surface area contributed by atoms with Gasteiger partial charge in [-0.1, -0.05) is 13.0 Å². The van der Waals surface area contributed by atoms with Gasteiger partial charge in [0.15, 0.2) is 17.8 Å². The average molecular weight is 223 g/mol. The zero-order valence-electron chi connectivity index (χ0n) is 9.82. The fourth-order valence-corrected chi connectivity index (χ4v) is 1.62. The lowest BCUT2D eigenvalue weighted by atomic mass is 9.98. The van der Waals surface area contributed by atoms with Crippen LogP contribution in [-0.2, 0) is 0 Å². The SMILES string of the molecule is COc1c(C=O)ccc(C(C)CN)c1OC. The molecule has 88 valence electrons. The third kappa shape index (κ3) is 2.17. The minimum Gasteiger partial charge on any atom is -0.493 e. The highest BCUT2D eigenvalue weighted by Crippen LogP contribution is 2.37. The molecule has 0 aromatic heterocycles. The average Bonchev–Trinajstić information content (AvgIpc) is 2.35. The number of methoxy groups -OCH3 is 2. The number of hydrogen-bond acceptors (Lipinski definition) is 4. The largest absolute Gasteiger partial charge is 0.493 e. The Morgan fingerprint density at radius 2 is 1.94 bits per heavy atom. The fraction of sp³-hybridized carbons (Fsp3) is 0.417. The number of carbonyl (C=O) groups is 1. The van der Waals surface area contributed by atoms with Gasteiger partial charge in [0.1, 0.15) is 0 Å². The summed E-state index contributed by atoms with van der Waals surface area (Å²) in [5.74, 6) is 1.21. The molecule has 0 fully saturated rings. The zero-order chi connectivity index (χ0) is 12.1. The summed E-state index contributed by atoms with van der Waals surface area (Å²) in [6, 6.07) is 3.57. The normalized spacial score (nSPS) is 12.0. The van der Waals surface area contributed by atoms with Gasteiger partial charge in [0.2, 0.25) is 0 Å². The van der Waals surface area contributed by atoms with Crippen molar-refractivity contribution in [3.05, 3.63) is 23.3 Å². The summed E-state index contributed by atoms with van der Waals surface area (Å²) in [5.41, 5.74) is 7.05. The number of benzene rings is 1. The van der Waals surface area contributed by atoms with Gasteiger partial charge in [-0.05, 0) is 18.5 Å². The van der Waals surface area contributed by atoms with Gasteiger partial charge >= 0.3 is 0 Å². The first-order valence-corrected chi connectivity index (χ1v) is 5.09. The van der Waals surface area contributed by atoms with Gasteiger partial charge < -0.3 is 15.2 Å². The van der Waals surface area contributed by atoms with Crippen molar-refractivity contribution < 1.29 is 14.3 Å². The molecule has 0 aliphatic heterocycles. The highest BCUT2D eigenvalue weighted by Gasteiger charge is 2.17. The van der Waals surface area contributed by atoms with Crippen LogP contribution in [0, 0.1) is 0 Å². The molecule has 1 aromatic carbocycles. The van der Waals surface area contributed by atoms with Crippen molar-refractivity contribution in [3.8, 4) is 11.5 Å². The molecule has 1 aromatic rings. The first kappa shape index (κ1) is 12.5. The number of rotatable bonds is 5. The molecule has 0 amide bonds. The molecule has 4 nitrogen and oxygen atoms in total. The van der Waals surface area contributed by atoms with Crippen molar-refractivity contribution in [1.82, 2.24) is 0 Å². The maximum atomic E-state index is 10.8. The number of aldehydes is 1. The van der Waals surface area contributed by atoms with Gasteiger partial charge in [-0.25, -0.2) is 0 Å². The monoisotopic (exact) mass is 223 g/mol. The lowest BCUT2D eigenvalue weighted by Crippen LogP contribution is -2.11. The number of ether oxygens (including phenoxy) is 2. The third-order valence-electron chi connectivity index (χ3n) is 2.59. The summed E-state index contributed by atoms with van der Waals surface area (Å²) in [4.78, 5) is 10.8. The second-order valence-corrected chi connectivity index (χ2v) is 3.57. The fourth-order valence-electron chi connectivity index (χ4n) is 1.62. The van der Waals surface area contributed by atoms with E-state index in [-0.39, 0.29) is 5.92 Å². The first-order chi connectivity index (χ1) is 7.69. The molecule has 0 saturated carbocycles. The Hall–Kier alpha value is -1.55. The van der Waals surface area contributed by atoms with Gasteiger partial charge in [0.05, 0.1) is 19.8 Å². The van der Waals surface area contributed by atoms with Crippen molar-refractivity contribution >= 4 is 6.29 Å². The number of carbonyl (C=O) groups excluding carboxylic acids is 1. The molecule has 0 spiro atoms. The molecular formula is C12H17NO3. The lowest BCUT2D eigenvalue weighted by Gasteiger charge is -2.17. The molecule has 1 atom stereocenters. The van der Waals surface area contributed by atoms with E-state index < -0.39 is 0 Å². The van der Waals surface area contributed by atoms with Crippen LogP contribution in [0.1, 0.15) is 28.8 Å². The second-order valence-electron chi connectivity index (χ2n) is 3.57. The Morgan fingerprint density at radius 1 is 1.31 bits per heavy atom. The Bertz CT molecular complexity index is 377. The van der Waals surface area contributed by atoms with Crippen LogP contribution in [-0.4, -0.2) is 27.1 Å². The summed E-state index contributed by atoms with van der Waals surface area (Å²) < 4.78 is 10.5. The predicted octanol–water partition coefficient (Wildman–Crippen LogP) is 1.58. The van der Waals surface area contributed by atoms with Crippen LogP contribution in [0.4, 0.5) is 0 Å². The Labute approximate surface area is 95.3 Å². The van der Waals surface area contributed by atoms with Crippen LogP contribution in [0.15, 0.2) is 12.1 Å². The summed E-state index contributed by atoms with van der Waals surface area (Å²) in [6.45, 7) is 2.51. The van der Waals surface area contributed by atoms with E-state index in [1.165, 1.54) is 7.11 Å². The molecular weight excluding hydrogens is 206 g/mol. The van der Waals surface area contributed by atoms with Gasteiger partial charge in [0, 0.05) is 5.56 Å². The molecule has 2 N–H and O–H groups in total. The standard InChI is InChI=1S/C12H17NO3/c1-8(6-13)10-5-4-9(7-14)11(15-2)12(10)16-3/h4-5,7-8H,6,13H2,1-3H3. The Morgan fingerprint density at radius 3 is 2.38 bits per heavy atom. The van der Waals surface area contributed by atoms with E-state index in [2.05, 4.69) is 0 Å². The summed E-state index contributed by atoms with van der Waals surface area (Å²) in [6.07, 6.45) is 0.748. The lowest BCUT2D eigenvalue weighted by molar-refractivity contribution is 0.112. The molecule has 1 unspecified atom stereocenters. The summed E-state index contributed by atoms with van der Waals surface area (Å²) >= 11 is 0. The quantitative estimate of drug-likeness (QED) is 0.770. The maximum absolute atomic E-state index is 10.8. The van der Waals surface area contributed by atoms with Crippen molar-refractivity contribution in [2.45, 2.75) is 12.8 Å².